The van der Waals surface area contributed by atoms with Crippen LogP contribution < -0.4 is 10.6 Å². The van der Waals surface area contributed by atoms with Crippen LogP contribution in [-0.4, -0.2) is 28.6 Å². The van der Waals surface area contributed by atoms with Gasteiger partial charge in [0.25, 0.3) is 0 Å². The molecule has 1 saturated heterocycles. The summed E-state index contributed by atoms with van der Waals surface area (Å²) in [6.07, 6.45) is 3.54. The molecule has 1 fully saturated rings. The van der Waals surface area contributed by atoms with E-state index >= 15 is 0 Å². The SMILES string of the molecule is CC1CN(c2ccncc2N)CC(C)S1. The van der Waals surface area contributed by atoms with Gasteiger partial charge in [-0.2, -0.15) is 11.8 Å². The normalized spacial score (nSPS) is 26.7. The van der Waals surface area contributed by atoms with Crippen LogP contribution in [0, 0.1) is 0 Å². The van der Waals surface area contributed by atoms with Gasteiger partial charge in [0.2, 0.25) is 0 Å². The maximum atomic E-state index is 5.93. The third kappa shape index (κ3) is 2.37. The second-order valence-corrected chi connectivity index (χ2v) is 5.98. The molecule has 0 radical (unpaired) electrons. The molecule has 0 aromatic carbocycles. The highest BCUT2D eigenvalue weighted by Gasteiger charge is 2.23. The molecule has 2 unspecified atom stereocenters. The Morgan fingerprint density at radius 2 is 2.07 bits per heavy atom. The molecule has 2 atom stereocenters. The molecular formula is C11H17N3S. The predicted octanol–water partition coefficient (Wildman–Crippen LogP) is 1.99. The van der Waals surface area contributed by atoms with Crippen LogP contribution in [0.2, 0.25) is 0 Å². The molecule has 0 bridgehead atoms. The van der Waals surface area contributed by atoms with Crippen molar-refractivity contribution in [2.45, 2.75) is 24.3 Å². The fourth-order valence-electron chi connectivity index (χ4n) is 2.06. The molecule has 0 saturated carbocycles. The van der Waals surface area contributed by atoms with E-state index in [1.54, 1.807) is 6.20 Å². The van der Waals surface area contributed by atoms with Gasteiger partial charge >= 0.3 is 0 Å². The Kier molecular flexibility index (Phi) is 3.05. The van der Waals surface area contributed by atoms with Crippen LogP contribution in [0.3, 0.4) is 0 Å². The number of pyridine rings is 1. The van der Waals surface area contributed by atoms with Crippen molar-refractivity contribution in [1.82, 2.24) is 4.98 Å². The monoisotopic (exact) mass is 223 g/mol. The van der Waals surface area contributed by atoms with Gasteiger partial charge in [0.05, 0.1) is 17.6 Å². The Balaban J connectivity index is 2.20. The van der Waals surface area contributed by atoms with E-state index in [0.717, 1.165) is 24.5 Å². The largest absolute Gasteiger partial charge is 0.396 e. The molecule has 0 aliphatic carbocycles. The average Bonchev–Trinajstić information content (AvgIpc) is 2.16. The van der Waals surface area contributed by atoms with Crippen molar-refractivity contribution in [2.24, 2.45) is 0 Å². The van der Waals surface area contributed by atoms with E-state index in [2.05, 4.69) is 23.7 Å². The maximum absolute atomic E-state index is 5.93. The Hall–Kier alpha value is -0.900. The van der Waals surface area contributed by atoms with Crippen molar-refractivity contribution in [1.29, 1.82) is 0 Å². The number of hydrogen-bond donors (Lipinski definition) is 1. The highest BCUT2D eigenvalue weighted by atomic mass is 32.2. The van der Waals surface area contributed by atoms with Crippen molar-refractivity contribution >= 4 is 23.1 Å². The number of thioether (sulfide) groups is 1. The van der Waals surface area contributed by atoms with E-state index in [4.69, 9.17) is 5.73 Å². The summed E-state index contributed by atoms with van der Waals surface area (Å²) in [5.41, 5.74) is 7.84. The molecule has 2 rings (SSSR count). The van der Waals surface area contributed by atoms with Crippen molar-refractivity contribution in [3.8, 4) is 0 Å². The molecule has 1 aromatic rings. The van der Waals surface area contributed by atoms with Crippen molar-refractivity contribution < 1.29 is 0 Å². The maximum Gasteiger partial charge on any atom is 0.0738 e. The zero-order chi connectivity index (χ0) is 10.8. The van der Waals surface area contributed by atoms with Crippen LogP contribution in [0.1, 0.15) is 13.8 Å². The number of anilines is 2. The molecule has 1 aliphatic rings. The summed E-state index contributed by atoms with van der Waals surface area (Å²) in [4.78, 5) is 6.38. The third-order valence-electron chi connectivity index (χ3n) is 2.59. The minimum absolute atomic E-state index is 0.668. The Labute approximate surface area is 95.1 Å². The van der Waals surface area contributed by atoms with E-state index in [-0.39, 0.29) is 0 Å². The first-order chi connectivity index (χ1) is 7.16. The molecule has 2 heterocycles. The van der Waals surface area contributed by atoms with E-state index in [1.807, 2.05) is 24.0 Å². The minimum Gasteiger partial charge on any atom is -0.396 e. The molecule has 4 heteroatoms. The van der Waals surface area contributed by atoms with Gasteiger partial charge in [0, 0.05) is 29.8 Å². The summed E-state index contributed by atoms with van der Waals surface area (Å²) in [5, 5.41) is 1.34. The van der Waals surface area contributed by atoms with Crippen molar-refractivity contribution in [2.75, 3.05) is 23.7 Å². The number of nitrogens with zero attached hydrogens (tertiary/aromatic N) is 2. The number of rotatable bonds is 1. The van der Waals surface area contributed by atoms with Crippen LogP contribution >= 0.6 is 11.8 Å². The van der Waals surface area contributed by atoms with Gasteiger partial charge in [-0.25, -0.2) is 0 Å². The first kappa shape index (κ1) is 10.6. The fourth-order valence-corrected chi connectivity index (χ4v) is 3.39. The summed E-state index contributed by atoms with van der Waals surface area (Å²) in [6, 6.07) is 2.00. The number of nitrogen functional groups attached to an aromatic ring is 1. The quantitative estimate of drug-likeness (QED) is 0.790. The van der Waals surface area contributed by atoms with Crippen LogP contribution in [-0.2, 0) is 0 Å². The number of hydrogen-bond acceptors (Lipinski definition) is 4. The zero-order valence-electron chi connectivity index (χ0n) is 9.18. The van der Waals surface area contributed by atoms with Crippen molar-refractivity contribution in [3.05, 3.63) is 18.5 Å². The smallest absolute Gasteiger partial charge is 0.0738 e. The highest BCUT2D eigenvalue weighted by molar-refractivity contribution is 8.00. The van der Waals surface area contributed by atoms with E-state index in [9.17, 15) is 0 Å². The lowest BCUT2D eigenvalue weighted by atomic mass is 10.2. The average molecular weight is 223 g/mol. The zero-order valence-corrected chi connectivity index (χ0v) is 10.00. The van der Waals surface area contributed by atoms with Gasteiger partial charge in [-0.15, -0.1) is 0 Å². The molecular weight excluding hydrogens is 206 g/mol. The molecule has 82 valence electrons. The Bertz CT molecular complexity index is 332. The van der Waals surface area contributed by atoms with Crippen LogP contribution in [0.4, 0.5) is 11.4 Å². The van der Waals surface area contributed by atoms with Crippen LogP contribution in [0.15, 0.2) is 18.5 Å². The molecule has 0 amide bonds. The van der Waals surface area contributed by atoms with Gasteiger partial charge < -0.3 is 10.6 Å². The molecule has 0 spiro atoms. The summed E-state index contributed by atoms with van der Waals surface area (Å²) in [6.45, 7) is 6.68. The van der Waals surface area contributed by atoms with Crippen LogP contribution in [0.5, 0.6) is 0 Å². The third-order valence-corrected chi connectivity index (χ3v) is 3.82. The number of nitrogens with two attached hydrogens (primary N) is 1. The molecule has 1 aliphatic heterocycles. The molecule has 15 heavy (non-hydrogen) atoms. The van der Waals surface area contributed by atoms with Gasteiger partial charge in [0.1, 0.15) is 0 Å². The van der Waals surface area contributed by atoms with Crippen molar-refractivity contribution in [3.63, 3.8) is 0 Å². The first-order valence-electron chi connectivity index (χ1n) is 5.26. The van der Waals surface area contributed by atoms with E-state index < -0.39 is 0 Å². The lowest BCUT2D eigenvalue weighted by Crippen LogP contribution is -2.40. The summed E-state index contributed by atoms with van der Waals surface area (Å²) in [5.74, 6) is 0. The lowest BCUT2D eigenvalue weighted by Gasteiger charge is -2.36. The van der Waals surface area contributed by atoms with Gasteiger partial charge in [-0.1, -0.05) is 13.8 Å². The highest BCUT2D eigenvalue weighted by Crippen LogP contribution is 2.30. The Morgan fingerprint density at radius 3 is 2.67 bits per heavy atom. The topological polar surface area (TPSA) is 42.2 Å². The van der Waals surface area contributed by atoms with E-state index in [0.29, 0.717) is 10.5 Å². The fraction of sp³-hybridized carbons (Fsp3) is 0.545. The molecule has 2 N–H and O–H groups in total. The first-order valence-corrected chi connectivity index (χ1v) is 6.21. The second kappa shape index (κ2) is 4.31. The van der Waals surface area contributed by atoms with Gasteiger partial charge in [-0.05, 0) is 6.07 Å². The second-order valence-electron chi connectivity index (χ2n) is 4.10. The van der Waals surface area contributed by atoms with E-state index in [1.165, 1.54) is 0 Å². The minimum atomic E-state index is 0.668. The standard InChI is InChI=1S/C11H17N3S/c1-8-6-14(7-9(2)15-8)11-3-4-13-5-10(11)12/h3-5,8-9H,6-7,12H2,1-2H3. The molecule has 1 aromatic heterocycles. The predicted molar refractivity (Wildman–Crippen MR) is 67.4 cm³/mol. The van der Waals surface area contributed by atoms with Gasteiger partial charge in [0.15, 0.2) is 0 Å². The van der Waals surface area contributed by atoms with Crippen LogP contribution in [0.25, 0.3) is 0 Å². The molecule has 3 nitrogen and oxygen atoms in total. The lowest BCUT2D eigenvalue weighted by molar-refractivity contribution is 0.729. The Morgan fingerprint density at radius 1 is 1.40 bits per heavy atom. The summed E-state index contributed by atoms with van der Waals surface area (Å²) in [7, 11) is 0. The summed E-state index contributed by atoms with van der Waals surface area (Å²) < 4.78 is 0. The number of aromatic nitrogens is 1. The van der Waals surface area contributed by atoms with Gasteiger partial charge in [-0.3, -0.25) is 4.98 Å². The summed E-state index contributed by atoms with van der Waals surface area (Å²) >= 11 is 2.05.